The molecule has 0 aliphatic carbocycles. The van der Waals surface area contributed by atoms with Crippen LogP contribution in [0.2, 0.25) is 0 Å². The molecule has 0 amide bonds. The molecule has 0 atom stereocenters. The smallest absolute Gasteiger partial charge is 0.211 e. The summed E-state index contributed by atoms with van der Waals surface area (Å²) in [6, 6.07) is 18.3. The largest absolute Gasteiger partial charge is 0.365 e. The van der Waals surface area contributed by atoms with Gasteiger partial charge in [-0.15, -0.1) is 11.3 Å². The number of anilines is 1. The monoisotopic (exact) mass is 362 g/mol. The first kappa shape index (κ1) is 17.0. The van der Waals surface area contributed by atoms with Gasteiger partial charge in [0.1, 0.15) is 0 Å². The Balaban J connectivity index is 1.39. The van der Waals surface area contributed by atoms with Gasteiger partial charge in [0.25, 0.3) is 0 Å². The van der Waals surface area contributed by atoms with E-state index in [1.165, 1.54) is 5.56 Å². The second-order valence-corrected chi connectivity index (χ2v) is 7.46. The Bertz CT molecular complexity index is 957. The van der Waals surface area contributed by atoms with Crippen LogP contribution in [0.1, 0.15) is 5.56 Å². The molecule has 3 aromatic rings. The van der Waals surface area contributed by atoms with E-state index < -0.39 is 0 Å². The molecule has 2 aromatic carbocycles. The van der Waals surface area contributed by atoms with E-state index in [0.717, 1.165) is 48.5 Å². The molecular weight excluding hydrogens is 340 g/mol. The molecule has 0 N–H and O–H groups in total. The summed E-state index contributed by atoms with van der Waals surface area (Å²) in [5.41, 5.74) is 2.25. The minimum absolute atomic E-state index is 0.164. The zero-order valence-corrected chi connectivity index (χ0v) is 15.5. The van der Waals surface area contributed by atoms with Crippen molar-refractivity contribution in [3.63, 3.8) is 0 Å². The fourth-order valence-corrected chi connectivity index (χ4v) is 4.30. The Morgan fingerprint density at radius 1 is 0.923 bits per heavy atom. The normalized spacial score (nSPS) is 15.8. The molecule has 0 spiro atoms. The lowest BCUT2D eigenvalue weighted by atomic mass is 10.2. The summed E-state index contributed by atoms with van der Waals surface area (Å²) in [5.74, 6) is 0. The molecule has 0 unspecified atom stereocenters. The summed E-state index contributed by atoms with van der Waals surface area (Å²) < 4.78 is 1.06. The highest BCUT2D eigenvalue weighted by Crippen LogP contribution is 2.22. The van der Waals surface area contributed by atoms with E-state index in [1.54, 1.807) is 11.3 Å². The van der Waals surface area contributed by atoms with Gasteiger partial charge in [-0.1, -0.05) is 54.6 Å². The number of fused-ring (bicyclic) bond motifs is 1. The summed E-state index contributed by atoms with van der Waals surface area (Å²) in [5, 5.41) is 2.86. The number of hydrogen-bond acceptors (Lipinski definition) is 4. The number of benzene rings is 2. The lowest BCUT2D eigenvalue weighted by Crippen LogP contribution is -2.47. The second-order valence-electron chi connectivity index (χ2n) is 6.55. The van der Waals surface area contributed by atoms with E-state index in [0.29, 0.717) is 0 Å². The number of nitrogens with zero attached hydrogens (tertiary/aromatic N) is 2. The quantitative estimate of drug-likeness (QED) is 0.698. The van der Waals surface area contributed by atoms with Crippen molar-refractivity contribution in [1.82, 2.24) is 4.90 Å². The minimum atomic E-state index is 0.164. The third-order valence-electron chi connectivity index (χ3n) is 4.85. The highest BCUT2D eigenvalue weighted by molar-refractivity contribution is 7.16. The topological polar surface area (TPSA) is 23.6 Å². The molecule has 0 radical (unpaired) electrons. The maximum Gasteiger partial charge on any atom is 0.211 e. The molecule has 4 rings (SSSR count). The van der Waals surface area contributed by atoms with Crippen molar-refractivity contribution in [3.8, 4) is 0 Å². The van der Waals surface area contributed by atoms with Crippen molar-refractivity contribution < 1.29 is 0 Å². The Hall–Kier alpha value is -2.43. The second kappa shape index (κ2) is 7.85. The van der Waals surface area contributed by atoms with E-state index in [-0.39, 0.29) is 5.43 Å². The number of rotatable bonds is 4. The average Bonchev–Trinajstić information content (AvgIpc) is 2.70. The molecule has 0 bridgehead atoms. The molecule has 1 aliphatic heterocycles. The summed E-state index contributed by atoms with van der Waals surface area (Å²) in [6.45, 7) is 4.72. The molecule has 132 valence electrons. The van der Waals surface area contributed by atoms with Gasteiger partial charge in [0.15, 0.2) is 0 Å². The lowest BCUT2D eigenvalue weighted by molar-refractivity contribution is 0.284. The van der Waals surface area contributed by atoms with Gasteiger partial charge >= 0.3 is 0 Å². The SMILES string of the molecule is O=c1c(N2CCN(CC=Cc3ccccc3)CC2)csc2ccccc12. The van der Waals surface area contributed by atoms with E-state index in [4.69, 9.17) is 0 Å². The fraction of sp³-hybridized carbons (Fsp3) is 0.227. The molecule has 0 saturated carbocycles. The van der Waals surface area contributed by atoms with Crippen molar-refractivity contribution >= 4 is 33.2 Å². The standard InChI is InChI=1S/C22H22N2OS/c25-22-19-10-4-5-11-21(19)26-17-20(22)24-15-13-23(14-16-24)12-6-9-18-7-2-1-3-8-18/h1-11,17H,12-16H2. The first-order valence-corrected chi connectivity index (χ1v) is 9.89. The van der Waals surface area contributed by atoms with Crippen LogP contribution in [0.15, 0.2) is 70.8 Å². The van der Waals surface area contributed by atoms with Crippen LogP contribution in [0, 0.1) is 0 Å². The van der Waals surface area contributed by atoms with Crippen LogP contribution in [0.4, 0.5) is 5.69 Å². The molecule has 1 aliphatic rings. The highest BCUT2D eigenvalue weighted by Gasteiger charge is 2.19. The Kier molecular flexibility index (Phi) is 5.14. The van der Waals surface area contributed by atoms with Crippen molar-refractivity contribution in [2.45, 2.75) is 0 Å². The molecule has 26 heavy (non-hydrogen) atoms. The maximum absolute atomic E-state index is 12.8. The Morgan fingerprint density at radius 3 is 2.46 bits per heavy atom. The first-order chi connectivity index (χ1) is 12.8. The van der Waals surface area contributed by atoms with Crippen molar-refractivity contribution in [2.75, 3.05) is 37.6 Å². The van der Waals surface area contributed by atoms with E-state index in [1.807, 2.05) is 35.7 Å². The molecule has 4 heteroatoms. The minimum Gasteiger partial charge on any atom is -0.365 e. The Morgan fingerprint density at radius 2 is 1.65 bits per heavy atom. The van der Waals surface area contributed by atoms with E-state index in [9.17, 15) is 4.79 Å². The predicted octanol–water partition coefficient (Wildman–Crippen LogP) is 4.10. The zero-order chi connectivity index (χ0) is 17.8. The number of piperazine rings is 1. The lowest BCUT2D eigenvalue weighted by Gasteiger charge is -2.35. The van der Waals surface area contributed by atoms with E-state index in [2.05, 4.69) is 46.2 Å². The van der Waals surface area contributed by atoms with Crippen LogP contribution in [0.3, 0.4) is 0 Å². The van der Waals surface area contributed by atoms with Gasteiger partial charge in [0, 0.05) is 48.2 Å². The summed E-state index contributed by atoms with van der Waals surface area (Å²) in [4.78, 5) is 17.5. The maximum atomic E-state index is 12.8. The van der Waals surface area contributed by atoms with Gasteiger partial charge in [-0.05, 0) is 17.7 Å². The van der Waals surface area contributed by atoms with Crippen LogP contribution in [-0.4, -0.2) is 37.6 Å². The van der Waals surface area contributed by atoms with E-state index >= 15 is 0 Å². The average molecular weight is 362 g/mol. The van der Waals surface area contributed by atoms with Gasteiger partial charge in [0.2, 0.25) is 5.43 Å². The molecular formula is C22H22N2OS. The van der Waals surface area contributed by atoms with Gasteiger partial charge < -0.3 is 4.90 Å². The van der Waals surface area contributed by atoms with Gasteiger partial charge in [-0.3, -0.25) is 9.69 Å². The van der Waals surface area contributed by atoms with Crippen LogP contribution < -0.4 is 10.3 Å². The first-order valence-electron chi connectivity index (χ1n) is 9.01. The van der Waals surface area contributed by atoms with Crippen molar-refractivity contribution in [2.24, 2.45) is 0 Å². The Labute approximate surface area is 157 Å². The fourth-order valence-electron chi connectivity index (χ4n) is 3.36. The van der Waals surface area contributed by atoms with Crippen LogP contribution in [0.5, 0.6) is 0 Å². The number of hydrogen-bond donors (Lipinski definition) is 0. The van der Waals surface area contributed by atoms with Gasteiger partial charge in [0.05, 0.1) is 5.69 Å². The molecule has 1 aromatic heterocycles. The highest BCUT2D eigenvalue weighted by atomic mass is 32.1. The molecule has 1 saturated heterocycles. The third kappa shape index (κ3) is 3.71. The summed E-state index contributed by atoms with van der Waals surface area (Å²) in [7, 11) is 0. The predicted molar refractivity (Wildman–Crippen MR) is 112 cm³/mol. The van der Waals surface area contributed by atoms with Crippen LogP contribution in [0.25, 0.3) is 16.2 Å². The van der Waals surface area contributed by atoms with Crippen LogP contribution in [-0.2, 0) is 0 Å². The third-order valence-corrected chi connectivity index (χ3v) is 5.80. The van der Waals surface area contributed by atoms with Crippen LogP contribution >= 0.6 is 11.3 Å². The molecule has 3 nitrogen and oxygen atoms in total. The summed E-state index contributed by atoms with van der Waals surface area (Å²) in [6.07, 6.45) is 4.40. The molecule has 1 fully saturated rings. The van der Waals surface area contributed by atoms with Gasteiger partial charge in [-0.25, -0.2) is 0 Å². The van der Waals surface area contributed by atoms with Crippen molar-refractivity contribution in [3.05, 3.63) is 81.8 Å². The molecule has 2 heterocycles. The zero-order valence-electron chi connectivity index (χ0n) is 14.7. The van der Waals surface area contributed by atoms with Crippen molar-refractivity contribution in [1.29, 1.82) is 0 Å². The van der Waals surface area contributed by atoms with Gasteiger partial charge in [-0.2, -0.15) is 0 Å². The summed E-state index contributed by atoms with van der Waals surface area (Å²) >= 11 is 1.66.